The van der Waals surface area contributed by atoms with Crippen LogP contribution < -0.4 is 4.31 Å². The maximum atomic E-state index is 14.4. The summed E-state index contributed by atoms with van der Waals surface area (Å²) in [5, 5.41) is 2.36. The molecule has 0 saturated carbocycles. The predicted octanol–water partition coefficient (Wildman–Crippen LogP) is 7.70. The van der Waals surface area contributed by atoms with Gasteiger partial charge in [-0.2, -0.15) is 0 Å². The molecule has 0 aliphatic heterocycles. The van der Waals surface area contributed by atoms with Gasteiger partial charge in [-0.05, 0) is 73.4 Å². The van der Waals surface area contributed by atoms with Crippen LogP contribution >= 0.6 is 0 Å². The molecule has 0 bridgehead atoms. The molecule has 0 aliphatic carbocycles. The van der Waals surface area contributed by atoms with Gasteiger partial charge in [-0.1, -0.05) is 57.2 Å². The average molecular weight is 545 g/mol. The summed E-state index contributed by atoms with van der Waals surface area (Å²) in [6.07, 6.45) is 1.54. The van der Waals surface area contributed by atoms with E-state index in [4.69, 9.17) is 4.42 Å². The molecular formula is C32H33FN2O3S. The van der Waals surface area contributed by atoms with Crippen LogP contribution in [0.5, 0.6) is 0 Å². The summed E-state index contributed by atoms with van der Waals surface area (Å²) in [6, 6.07) is 23.7. The number of aryl methyl sites for hydroxylation is 1. The van der Waals surface area contributed by atoms with Crippen molar-refractivity contribution in [2.75, 3.05) is 23.9 Å². The van der Waals surface area contributed by atoms with Crippen LogP contribution in [0.1, 0.15) is 32.1 Å². The van der Waals surface area contributed by atoms with Crippen molar-refractivity contribution < 1.29 is 17.2 Å². The smallest absolute Gasteiger partial charge is 0.269 e. The molecule has 5 rings (SSSR count). The van der Waals surface area contributed by atoms with Crippen molar-refractivity contribution >= 4 is 43.1 Å². The SMILES string of the molecule is CCc1oc2ccc(N(c3ccc(F)cc3)S(=O)(=O)c3cccc4ccccc34)cc2c1CCN(CC)CC. The number of hydrogen-bond donors (Lipinski definition) is 0. The number of hydrogen-bond acceptors (Lipinski definition) is 4. The van der Waals surface area contributed by atoms with E-state index in [2.05, 4.69) is 25.7 Å². The van der Waals surface area contributed by atoms with Gasteiger partial charge in [-0.3, -0.25) is 0 Å². The fraction of sp³-hybridized carbons (Fsp3) is 0.250. The zero-order valence-corrected chi connectivity index (χ0v) is 23.3. The lowest BCUT2D eigenvalue weighted by molar-refractivity contribution is 0.307. The molecule has 202 valence electrons. The van der Waals surface area contributed by atoms with Gasteiger partial charge in [0.15, 0.2) is 0 Å². The van der Waals surface area contributed by atoms with Gasteiger partial charge >= 0.3 is 0 Å². The molecule has 5 aromatic rings. The van der Waals surface area contributed by atoms with Gasteiger partial charge in [0, 0.05) is 29.3 Å². The van der Waals surface area contributed by atoms with Crippen LogP contribution in [0.25, 0.3) is 21.7 Å². The predicted molar refractivity (Wildman–Crippen MR) is 157 cm³/mol. The second-order valence-corrected chi connectivity index (χ2v) is 11.3. The molecule has 5 nitrogen and oxygen atoms in total. The minimum atomic E-state index is -4.09. The minimum Gasteiger partial charge on any atom is -0.461 e. The standard InChI is InChI=1S/C32H33FN2O3S/c1-4-30-28(20-21-34(5-2)6-3)29-22-26(18-19-31(29)38-30)35(25-16-14-24(33)15-17-25)39(36,37)32-13-9-11-23-10-7-8-12-27(23)32/h7-19,22H,4-6,20-21H2,1-3H3. The van der Waals surface area contributed by atoms with E-state index in [0.717, 1.165) is 60.2 Å². The summed E-state index contributed by atoms with van der Waals surface area (Å²) >= 11 is 0. The number of fused-ring (bicyclic) bond motifs is 2. The highest BCUT2D eigenvalue weighted by molar-refractivity contribution is 7.93. The summed E-state index contributed by atoms with van der Waals surface area (Å²) in [4.78, 5) is 2.55. The Balaban J connectivity index is 1.69. The first kappa shape index (κ1) is 26.9. The molecule has 0 amide bonds. The Kier molecular flexibility index (Phi) is 7.73. The minimum absolute atomic E-state index is 0.188. The number of anilines is 2. The van der Waals surface area contributed by atoms with E-state index < -0.39 is 15.8 Å². The molecule has 39 heavy (non-hydrogen) atoms. The number of benzene rings is 4. The van der Waals surface area contributed by atoms with E-state index in [-0.39, 0.29) is 4.90 Å². The van der Waals surface area contributed by atoms with Crippen molar-refractivity contribution in [1.29, 1.82) is 0 Å². The van der Waals surface area contributed by atoms with Crippen LogP contribution in [0.3, 0.4) is 0 Å². The highest BCUT2D eigenvalue weighted by atomic mass is 32.2. The third-order valence-electron chi connectivity index (χ3n) is 7.32. The van der Waals surface area contributed by atoms with Crippen molar-refractivity contribution in [3.63, 3.8) is 0 Å². The molecule has 0 N–H and O–H groups in total. The second kappa shape index (κ2) is 11.2. The fourth-order valence-electron chi connectivity index (χ4n) is 5.21. The van der Waals surface area contributed by atoms with Crippen molar-refractivity contribution in [3.05, 3.63) is 102 Å². The van der Waals surface area contributed by atoms with Crippen LogP contribution in [-0.4, -0.2) is 33.0 Å². The summed E-state index contributed by atoms with van der Waals surface area (Å²) in [5.41, 5.74) is 2.65. The van der Waals surface area contributed by atoms with E-state index in [9.17, 15) is 12.8 Å². The second-order valence-electron chi connectivity index (χ2n) is 9.54. The Morgan fingerprint density at radius 1 is 0.795 bits per heavy atom. The first-order chi connectivity index (χ1) is 18.9. The van der Waals surface area contributed by atoms with E-state index in [1.807, 2.05) is 42.5 Å². The normalized spacial score (nSPS) is 12.0. The number of rotatable bonds is 10. The molecule has 0 spiro atoms. The van der Waals surface area contributed by atoms with E-state index in [1.165, 1.54) is 28.6 Å². The van der Waals surface area contributed by atoms with Crippen LogP contribution in [0.4, 0.5) is 15.8 Å². The molecule has 0 radical (unpaired) electrons. The van der Waals surface area contributed by atoms with Gasteiger partial charge in [-0.15, -0.1) is 0 Å². The number of sulfonamides is 1. The largest absolute Gasteiger partial charge is 0.461 e. The first-order valence-electron chi connectivity index (χ1n) is 13.4. The number of likely N-dealkylation sites (N-methyl/N-ethyl adjacent to an activating group) is 1. The molecule has 0 atom stereocenters. The Hall–Kier alpha value is -3.68. The Morgan fingerprint density at radius 3 is 2.21 bits per heavy atom. The topological polar surface area (TPSA) is 53.8 Å². The number of furan rings is 1. The molecule has 0 saturated heterocycles. The first-order valence-corrected chi connectivity index (χ1v) is 14.9. The Morgan fingerprint density at radius 2 is 1.49 bits per heavy atom. The van der Waals surface area contributed by atoms with Gasteiger partial charge in [0.25, 0.3) is 10.0 Å². The molecule has 1 aromatic heterocycles. The molecule has 0 aliphatic rings. The fourth-order valence-corrected chi connectivity index (χ4v) is 6.91. The lowest BCUT2D eigenvalue weighted by Gasteiger charge is -2.25. The molecule has 1 heterocycles. The summed E-state index contributed by atoms with van der Waals surface area (Å²) in [6.45, 7) is 9.16. The lowest BCUT2D eigenvalue weighted by atomic mass is 10.0. The zero-order valence-electron chi connectivity index (χ0n) is 22.5. The number of halogens is 1. The van der Waals surface area contributed by atoms with Crippen LogP contribution in [0.15, 0.2) is 94.2 Å². The van der Waals surface area contributed by atoms with Crippen LogP contribution in [0.2, 0.25) is 0 Å². The van der Waals surface area contributed by atoms with E-state index in [0.29, 0.717) is 16.8 Å². The summed E-state index contributed by atoms with van der Waals surface area (Å²) in [5.74, 6) is 0.484. The Labute approximate surface area is 229 Å². The molecule has 7 heteroatoms. The summed E-state index contributed by atoms with van der Waals surface area (Å²) in [7, 11) is -4.09. The lowest BCUT2D eigenvalue weighted by Crippen LogP contribution is -2.26. The highest BCUT2D eigenvalue weighted by Crippen LogP contribution is 2.38. The average Bonchev–Trinajstić information content (AvgIpc) is 3.31. The third-order valence-corrected chi connectivity index (χ3v) is 9.13. The van der Waals surface area contributed by atoms with Gasteiger partial charge in [0.05, 0.1) is 16.3 Å². The van der Waals surface area contributed by atoms with Crippen molar-refractivity contribution in [2.45, 2.75) is 38.5 Å². The molecule has 4 aromatic carbocycles. The molecular weight excluding hydrogens is 511 g/mol. The van der Waals surface area contributed by atoms with Gasteiger partial charge in [0.1, 0.15) is 17.2 Å². The van der Waals surface area contributed by atoms with Crippen molar-refractivity contribution in [3.8, 4) is 0 Å². The van der Waals surface area contributed by atoms with Gasteiger partial charge < -0.3 is 9.32 Å². The molecule has 0 fully saturated rings. The maximum absolute atomic E-state index is 14.4. The van der Waals surface area contributed by atoms with E-state index >= 15 is 0 Å². The quantitative estimate of drug-likeness (QED) is 0.181. The molecule has 0 unspecified atom stereocenters. The van der Waals surface area contributed by atoms with Crippen LogP contribution in [-0.2, 0) is 22.9 Å². The van der Waals surface area contributed by atoms with Crippen molar-refractivity contribution in [2.24, 2.45) is 0 Å². The van der Waals surface area contributed by atoms with E-state index in [1.54, 1.807) is 18.2 Å². The third kappa shape index (κ3) is 5.16. The Bertz CT molecular complexity index is 1700. The van der Waals surface area contributed by atoms with Crippen molar-refractivity contribution in [1.82, 2.24) is 4.90 Å². The maximum Gasteiger partial charge on any atom is 0.269 e. The number of nitrogens with zero attached hydrogens (tertiary/aromatic N) is 2. The van der Waals surface area contributed by atoms with Gasteiger partial charge in [-0.25, -0.2) is 17.1 Å². The monoisotopic (exact) mass is 544 g/mol. The van der Waals surface area contributed by atoms with Crippen LogP contribution in [0, 0.1) is 5.82 Å². The van der Waals surface area contributed by atoms with Gasteiger partial charge in [0.2, 0.25) is 0 Å². The highest BCUT2D eigenvalue weighted by Gasteiger charge is 2.29. The zero-order chi connectivity index (χ0) is 27.6. The summed E-state index contributed by atoms with van der Waals surface area (Å²) < 4.78 is 50.2.